The van der Waals surface area contributed by atoms with E-state index in [0.717, 1.165) is 54.9 Å². The van der Waals surface area contributed by atoms with Crippen LogP contribution in [0.1, 0.15) is 18.5 Å². The maximum atomic E-state index is 11.3. The number of pyridine rings is 2. The van der Waals surface area contributed by atoms with Gasteiger partial charge in [-0.25, -0.2) is 23.2 Å². The van der Waals surface area contributed by atoms with Crippen molar-refractivity contribution in [1.82, 2.24) is 24.1 Å². The zero-order chi connectivity index (χ0) is 20.3. The van der Waals surface area contributed by atoms with E-state index in [9.17, 15) is 9.32 Å². The minimum Gasteiger partial charge on any atom is -0.504 e. The lowest BCUT2D eigenvalue weighted by atomic mass is 10.1. The number of anilines is 1. The first kappa shape index (κ1) is 19.0. The van der Waals surface area contributed by atoms with Gasteiger partial charge in [-0.05, 0) is 25.8 Å². The summed E-state index contributed by atoms with van der Waals surface area (Å²) in [6.45, 7) is 4.22. The summed E-state index contributed by atoms with van der Waals surface area (Å²) in [6.07, 6.45) is 3.92. The molecule has 8 nitrogen and oxygen atoms in total. The SMILES string of the molecule is Cc1nn(-c2cc(Cl)c(O)c(Cl)n2)c2cnc(N3CCN([SH]=O)CC34CC4)cc12. The van der Waals surface area contributed by atoms with Crippen molar-refractivity contribution in [3.63, 3.8) is 0 Å². The number of fused-ring (bicyclic) bond motifs is 1. The van der Waals surface area contributed by atoms with Gasteiger partial charge in [0.1, 0.15) is 5.82 Å². The molecule has 5 rings (SSSR count). The first-order valence-corrected chi connectivity index (χ1v) is 10.7. The largest absolute Gasteiger partial charge is 0.504 e. The van der Waals surface area contributed by atoms with Crippen LogP contribution in [0.5, 0.6) is 5.75 Å². The van der Waals surface area contributed by atoms with Crippen LogP contribution in [0.25, 0.3) is 16.7 Å². The highest BCUT2D eigenvalue weighted by molar-refractivity contribution is 7.63. The predicted molar refractivity (Wildman–Crippen MR) is 114 cm³/mol. The van der Waals surface area contributed by atoms with Gasteiger partial charge in [0.05, 0.1) is 39.8 Å². The fourth-order valence-corrected chi connectivity index (χ4v) is 4.92. The average molecular weight is 453 g/mol. The summed E-state index contributed by atoms with van der Waals surface area (Å²) in [5, 5.41) is 15.3. The Morgan fingerprint density at radius 2 is 2.00 bits per heavy atom. The summed E-state index contributed by atoms with van der Waals surface area (Å²) in [5.41, 5.74) is 1.63. The van der Waals surface area contributed by atoms with E-state index in [1.165, 1.54) is 6.07 Å². The van der Waals surface area contributed by atoms with Gasteiger partial charge in [-0.2, -0.15) is 5.10 Å². The number of piperazine rings is 1. The molecule has 2 fully saturated rings. The minimum atomic E-state index is -0.253. The third kappa shape index (κ3) is 3.07. The number of nitrogens with zero attached hydrogens (tertiary/aromatic N) is 6. The molecule has 3 aromatic rings. The molecule has 0 unspecified atom stereocenters. The minimum absolute atomic E-state index is 0.0276. The number of aromatic nitrogens is 4. The predicted octanol–water partition coefficient (Wildman–Crippen LogP) is 2.65. The van der Waals surface area contributed by atoms with Gasteiger partial charge in [-0.3, -0.25) is 0 Å². The van der Waals surface area contributed by atoms with Gasteiger partial charge < -0.3 is 10.0 Å². The van der Waals surface area contributed by atoms with E-state index in [2.05, 4.69) is 15.0 Å². The molecule has 152 valence electrons. The van der Waals surface area contributed by atoms with Crippen molar-refractivity contribution in [3.8, 4) is 11.6 Å². The van der Waals surface area contributed by atoms with Crippen LogP contribution in [0.4, 0.5) is 5.82 Å². The number of aryl methyl sites for hydroxylation is 1. The summed E-state index contributed by atoms with van der Waals surface area (Å²) in [7, 11) is 0. The Morgan fingerprint density at radius 1 is 1.21 bits per heavy atom. The first-order chi connectivity index (χ1) is 13.9. The molecule has 4 heterocycles. The zero-order valence-electron chi connectivity index (χ0n) is 15.5. The molecule has 0 radical (unpaired) electrons. The average Bonchev–Trinajstić information content (AvgIpc) is 3.40. The third-order valence-corrected chi connectivity index (χ3v) is 6.82. The molecule has 0 bridgehead atoms. The molecule has 1 saturated carbocycles. The van der Waals surface area contributed by atoms with E-state index >= 15 is 0 Å². The van der Waals surface area contributed by atoms with E-state index in [1.807, 2.05) is 17.3 Å². The highest BCUT2D eigenvalue weighted by Crippen LogP contribution is 2.46. The fourth-order valence-electron chi connectivity index (χ4n) is 4.01. The number of hydrogen-bond acceptors (Lipinski definition) is 6. The van der Waals surface area contributed by atoms with Crippen molar-refractivity contribution in [1.29, 1.82) is 0 Å². The summed E-state index contributed by atoms with van der Waals surface area (Å²) in [4.78, 5) is 11.2. The molecular formula is C18H18Cl2N6O2S. The van der Waals surface area contributed by atoms with E-state index in [-0.39, 0.29) is 33.3 Å². The molecule has 1 spiro atoms. The van der Waals surface area contributed by atoms with Crippen molar-refractivity contribution >= 4 is 51.8 Å². The van der Waals surface area contributed by atoms with E-state index in [0.29, 0.717) is 5.82 Å². The van der Waals surface area contributed by atoms with Crippen molar-refractivity contribution in [2.24, 2.45) is 0 Å². The van der Waals surface area contributed by atoms with Crippen LogP contribution in [0.3, 0.4) is 0 Å². The molecule has 0 amide bonds. The number of thiol groups is 1. The van der Waals surface area contributed by atoms with Crippen molar-refractivity contribution in [2.45, 2.75) is 25.3 Å². The number of rotatable bonds is 3. The molecule has 1 aliphatic heterocycles. The van der Waals surface area contributed by atoms with Crippen molar-refractivity contribution < 1.29 is 9.32 Å². The lowest BCUT2D eigenvalue weighted by Crippen LogP contribution is -2.54. The second kappa shape index (κ2) is 6.80. The monoisotopic (exact) mass is 452 g/mol. The van der Waals surface area contributed by atoms with E-state index in [4.69, 9.17) is 28.2 Å². The van der Waals surface area contributed by atoms with Crippen LogP contribution in [0, 0.1) is 6.92 Å². The second-order valence-electron chi connectivity index (χ2n) is 7.50. The van der Waals surface area contributed by atoms with Gasteiger partial charge in [0.15, 0.2) is 16.7 Å². The zero-order valence-corrected chi connectivity index (χ0v) is 17.9. The Hall–Kier alpha value is -1.94. The Kier molecular flexibility index (Phi) is 4.47. The Labute approximate surface area is 180 Å². The summed E-state index contributed by atoms with van der Waals surface area (Å²) in [6, 6.07) is 3.56. The van der Waals surface area contributed by atoms with Gasteiger partial charge >= 0.3 is 0 Å². The van der Waals surface area contributed by atoms with Gasteiger partial charge in [0, 0.05) is 31.1 Å². The maximum absolute atomic E-state index is 11.3. The van der Waals surface area contributed by atoms with Crippen LogP contribution in [0.2, 0.25) is 10.2 Å². The lowest BCUT2D eigenvalue weighted by molar-refractivity contribution is 0.339. The number of halogens is 2. The Balaban J connectivity index is 1.56. The van der Waals surface area contributed by atoms with Crippen LogP contribution >= 0.6 is 23.2 Å². The highest BCUT2D eigenvalue weighted by Gasteiger charge is 2.51. The van der Waals surface area contributed by atoms with Crippen molar-refractivity contribution in [2.75, 3.05) is 24.5 Å². The molecule has 1 N–H and O–H groups in total. The Bertz CT molecular complexity index is 1130. The van der Waals surface area contributed by atoms with E-state index in [1.54, 1.807) is 10.9 Å². The normalized spacial score (nSPS) is 18.7. The maximum Gasteiger partial charge on any atom is 0.174 e. The Morgan fingerprint density at radius 3 is 2.69 bits per heavy atom. The third-order valence-electron chi connectivity index (χ3n) is 5.69. The smallest absolute Gasteiger partial charge is 0.174 e. The number of hydrogen-bond donors (Lipinski definition) is 2. The van der Waals surface area contributed by atoms with Crippen LogP contribution in [-0.2, 0) is 11.9 Å². The van der Waals surface area contributed by atoms with Gasteiger partial charge in [-0.1, -0.05) is 23.2 Å². The number of aromatic hydroxyl groups is 1. The van der Waals surface area contributed by atoms with Crippen LogP contribution in [0.15, 0.2) is 18.3 Å². The first-order valence-electron chi connectivity index (χ1n) is 9.18. The lowest BCUT2D eigenvalue weighted by Gasteiger charge is -2.40. The summed E-state index contributed by atoms with van der Waals surface area (Å²) in [5.74, 6) is 1.05. The molecule has 11 heteroatoms. The second-order valence-corrected chi connectivity index (χ2v) is 9.00. The standard InChI is InChI=1S/C18H18Cl2N6O2S/c1-10-11-6-14(25-5-4-24(29-28)9-18(25)2-3-18)21-8-13(11)26(23-10)15-7-12(19)16(27)17(20)22-15/h6-8,27,29H,2-5,9H2,1H3. The fraction of sp³-hybridized carbons (Fsp3) is 0.389. The molecule has 0 atom stereocenters. The van der Waals surface area contributed by atoms with Crippen molar-refractivity contribution in [3.05, 3.63) is 34.2 Å². The van der Waals surface area contributed by atoms with Gasteiger partial charge in [-0.15, -0.1) is 0 Å². The highest BCUT2D eigenvalue weighted by atomic mass is 35.5. The van der Waals surface area contributed by atoms with Gasteiger partial charge in [0.25, 0.3) is 0 Å². The molecule has 1 saturated heterocycles. The van der Waals surface area contributed by atoms with E-state index < -0.39 is 0 Å². The van der Waals surface area contributed by atoms with Gasteiger partial charge in [0.2, 0.25) is 0 Å². The topological polar surface area (TPSA) is 87.4 Å². The molecule has 29 heavy (non-hydrogen) atoms. The van der Waals surface area contributed by atoms with Crippen LogP contribution in [-0.4, -0.2) is 58.5 Å². The summed E-state index contributed by atoms with van der Waals surface area (Å²) < 4.78 is 14.8. The van der Waals surface area contributed by atoms with Crippen LogP contribution < -0.4 is 4.90 Å². The molecule has 3 aromatic heterocycles. The summed E-state index contributed by atoms with van der Waals surface area (Å²) >= 11 is 12.1. The quantitative estimate of drug-likeness (QED) is 0.469. The molecular weight excluding hydrogens is 435 g/mol. The molecule has 2 aliphatic rings. The molecule has 0 aromatic carbocycles. The molecule has 1 aliphatic carbocycles.